The summed E-state index contributed by atoms with van der Waals surface area (Å²) in [7, 11) is -3.33. The molecule has 0 radical (unpaired) electrons. The van der Waals surface area contributed by atoms with Gasteiger partial charge in [0.2, 0.25) is 10.0 Å². The highest BCUT2D eigenvalue weighted by Gasteiger charge is 2.24. The van der Waals surface area contributed by atoms with Gasteiger partial charge in [-0.15, -0.1) is 0 Å². The molecule has 0 unspecified atom stereocenters. The fourth-order valence-electron chi connectivity index (χ4n) is 3.31. The van der Waals surface area contributed by atoms with Gasteiger partial charge in [-0.05, 0) is 55.2 Å². The maximum absolute atomic E-state index is 13.0. The SMILES string of the molecule is C[C@H](NC(=O)c1ccc(CS(=O)(=O)N2CCCCC2)cc1)c1ccc(F)cc1. The minimum atomic E-state index is -3.33. The van der Waals surface area contributed by atoms with Crippen molar-refractivity contribution in [3.8, 4) is 0 Å². The van der Waals surface area contributed by atoms with Gasteiger partial charge in [0.25, 0.3) is 5.91 Å². The second-order valence-electron chi connectivity index (χ2n) is 7.16. The summed E-state index contributed by atoms with van der Waals surface area (Å²) in [6.45, 7) is 3.00. The van der Waals surface area contributed by atoms with Crippen LogP contribution in [0.25, 0.3) is 0 Å². The molecule has 0 aromatic heterocycles. The number of sulfonamides is 1. The van der Waals surface area contributed by atoms with E-state index in [0.717, 1.165) is 24.8 Å². The molecule has 0 saturated carbocycles. The molecular weight excluding hydrogens is 379 g/mol. The van der Waals surface area contributed by atoms with Crippen LogP contribution in [0, 0.1) is 5.82 Å². The zero-order valence-corrected chi connectivity index (χ0v) is 16.7. The van der Waals surface area contributed by atoms with Gasteiger partial charge < -0.3 is 5.32 Å². The van der Waals surface area contributed by atoms with Crippen molar-refractivity contribution in [1.82, 2.24) is 9.62 Å². The lowest BCUT2D eigenvalue weighted by Gasteiger charge is -2.25. The Morgan fingerprint density at radius 1 is 1.04 bits per heavy atom. The van der Waals surface area contributed by atoms with Crippen molar-refractivity contribution in [3.05, 3.63) is 71.0 Å². The van der Waals surface area contributed by atoms with E-state index >= 15 is 0 Å². The van der Waals surface area contributed by atoms with Gasteiger partial charge in [0.05, 0.1) is 11.8 Å². The minimum Gasteiger partial charge on any atom is -0.346 e. The summed E-state index contributed by atoms with van der Waals surface area (Å²) in [5.74, 6) is -0.638. The average molecular weight is 405 g/mol. The van der Waals surface area contributed by atoms with Crippen molar-refractivity contribution >= 4 is 15.9 Å². The predicted octanol–water partition coefficient (Wildman–Crippen LogP) is 3.63. The molecule has 0 bridgehead atoms. The lowest BCUT2D eigenvalue weighted by molar-refractivity contribution is 0.0940. The highest BCUT2D eigenvalue weighted by atomic mass is 32.2. The fraction of sp³-hybridized carbons (Fsp3) is 0.381. The molecule has 28 heavy (non-hydrogen) atoms. The normalized spacial score (nSPS) is 16.5. The van der Waals surface area contributed by atoms with E-state index in [4.69, 9.17) is 0 Å². The molecule has 2 aromatic carbocycles. The topological polar surface area (TPSA) is 66.5 Å². The molecule has 7 heteroatoms. The van der Waals surface area contributed by atoms with Crippen LogP contribution in [0.5, 0.6) is 0 Å². The van der Waals surface area contributed by atoms with Crippen LogP contribution in [0.1, 0.15) is 53.7 Å². The number of rotatable bonds is 6. The standard InChI is InChI=1S/C21H25FN2O3S/c1-16(18-9-11-20(22)12-10-18)23-21(25)19-7-5-17(6-8-19)15-28(26,27)24-13-3-2-4-14-24/h5-12,16H,2-4,13-15H2,1H3,(H,23,25)/t16-/m0/s1. The van der Waals surface area contributed by atoms with E-state index in [-0.39, 0.29) is 23.5 Å². The van der Waals surface area contributed by atoms with Crippen LogP contribution >= 0.6 is 0 Å². The van der Waals surface area contributed by atoms with E-state index in [1.807, 2.05) is 6.92 Å². The molecular formula is C21H25FN2O3S. The molecule has 1 aliphatic rings. The average Bonchev–Trinajstić information content (AvgIpc) is 2.69. The van der Waals surface area contributed by atoms with Gasteiger partial charge in [-0.3, -0.25) is 4.79 Å². The van der Waals surface area contributed by atoms with Crippen LogP contribution in [-0.4, -0.2) is 31.7 Å². The van der Waals surface area contributed by atoms with Crippen molar-refractivity contribution < 1.29 is 17.6 Å². The lowest BCUT2D eigenvalue weighted by atomic mass is 10.1. The van der Waals surface area contributed by atoms with Crippen LogP contribution in [0.15, 0.2) is 48.5 Å². The quantitative estimate of drug-likeness (QED) is 0.799. The van der Waals surface area contributed by atoms with Gasteiger partial charge in [-0.1, -0.05) is 30.7 Å². The summed E-state index contributed by atoms with van der Waals surface area (Å²) in [4.78, 5) is 12.4. The van der Waals surface area contributed by atoms with Crippen LogP contribution in [0.3, 0.4) is 0 Å². The number of halogens is 1. The molecule has 1 atom stereocenters. The summed E-state index contributed by atoms with van der Waals surface area (Å²) in [6, 6.07) is 12.3. The number of nitrogens with zero attached hydrogens (tertiary/aromatic N) is 1. The van der Waals surface area contributed by atoms with Gasteiger partial charge in [0.15, 0.2) is 0 Å². The molecule has 150 valence electrons. The Hall–Kier alpha value is -2.25. The first kappa shape index (κ1) is 20.5. The summed E-state index contributed by atoms with van der Waals surface area (Å²) in [5.41, 5.74) is 1.92. The molecule has 1 amide bonds. The summed E-state index contributed by atoms with van der Waals surface area (Å²) in [5, 5.41) is 2.86. The van der Waals surface area contributed by atoms with Gasteiger partial charge in [0.1, 0.15) is 5.82 Å². The van der Waals surface area contributed by atoms with Crippen LogP contribution < -0.4 is 5.32 Å². The second kappa shape index (κ2) is 8.84. The van der Waals surface area contributed by atoms with Crippen LogP contribution in [-0.2, 0) is 15.8 Å². The van der Waals surface area contributed by atoms with Crippen molar-refractivity contribution in [2.24, 2.45) is 0 Å². The third-order valence-corrected chi connectivity index (χ3v) is 6.84. The number of hydrogen-bond donors (Lipinski definition) is 1. The number of nitrogens with one attached hydrogen (secondary N) is 1. The zero-order valence-electron chi connectivity index (χ0n) is 15.9. The van der Waals surface area contributed by atoms with Gasteiger partial charge in [-0.25, -0.2) is 17.1 Å². The number of carbonyl (C=O) groups is 1. The van der Waals surface area contributed by atoms with E-state index in [9.17, 15) is 17.6 Å². The van der Waals surface area contributed by atoms with Crippen molar-refractivity contribution in [1.29, 1.82) is 0 Å². The second-order valence-corrected chi connectivity index (χ2v) is 9.13. The summed E-state index contributed by atoms with van der Waals surface area (Å²) in [6.07, 6.45) is 2.89. The van der Waals surface area contributed by atoms with Gasteiger partial charge in [0, 0.05) is 18.7 Å². The Balaban J connectivity index is 1.61. The Labute approximate surface area is 165 Å². The summed E-state index contributed by atoms with van der Waals surface area (Å²) >= 11 is 0. The number of benzene rings is 2. The Morgan fingerprint density at radius 2 is 1.64 bits per heavy atom. The largest absolute Gasteiger partial charge is 0.346 e. The van der Waals surface area contributed by atoms with Crippen molar-refractivity contribution in [2.75, 3.05) is 13.1 Å². The predicted molar refractivity (Wildman–Crippen MR) is 107 cm³/mol. The first-order valence-electron chi connectivity index (χ1n) is 9.48. The number of hydrogen-bond acceptors (Lipinski definition) is 3. The summed E-state index contributed by atoms with van der Waals surface area (Å²) < 4.78 is 39.6. The molecule has 0 spiro atoms. The van der Waals surface area contributed by atoms with E-state index in [1.54, 1.807) is 40.7 Å². The van der Waals surface area contributed by atoms with E-state index in [2.05, 4.69) is 5.32 Å². The first-order valence-corrected chi connectivity index (χ1v) is 11.1. The molecule has 3 rings (SSSR count). The minimum absolute atomic E-state index is 0.0547. The molecule has 5 nitrogen and oxygen atoms in total. The van der Waals surface area contributed by atoms with E-state index in [1.165, 1.54) is 12.1 Å². The Kier molecular flexibility index (Phi) is 6.46. The molecule has 2 aromatic rings. The highest BCUT2D eigenvalue weighted by Crippen LogP contribution is 2.18. The highest BCUT2D eigenvalue weighted by molar-refractivity contribution is 7.88. The maximum Gasteiger partial charge on any atom is 0.251 e. The van der Waals surface area contributed by atoms with Crippen molar-refractivity contribution in [3.63, 3.8) is 0 Å². The fourth-order valence-corrected chi connectivity index (χ4v) is 4.92. The maximum atomic E-state index is 13.0. The molecule has 1 aliphatic heterocycles. The molecule has 1 saturated heterocycles. The number of carbonyl (C=O) groups excluding carboxylic acids is 1. The number of piperidine rings is 1. The first-order chi connectivity index (χ1) is 13.3. The molecule has 0 aliphatic carbocycles. The smallest absolute Gasteiger partial charge is 0.251 e. The van der Waals surface area contributed by atoms with Gasteiger partial charge >= 0.3 is 0 Å². The monoisotopic (exact) mass is 404 g/mol. The molecule has 1 fully saturated rings. The lowest BCUT2D eigenvalue weighted by Crippen LogP contribution is -2.36. The Morgan fingerprint density at radius 3 is 2.25 bits per heavy atom. The third kappa shape index (κ3) is 5.17. The Bertz CT molecular complexity index is 906. The molecule has 1 N–H and O–H groups in total. The van der Waals surface area contributed by atoms with Crippen molar-refractivity contribution in [2.45, 2.75) is 38.0 Å². The molecule has 1 heterocycles. The van der Waals surface area contributed by atoms with E-state index in [0.29, 0.717) is 24.2 Å². The third-order valence-electron chi connectivity index (χ3n) is 4.99. The van der Waals surface area contributed by atoms with Crippen LogP contribution in [0.2, 0.25) is 0 Å². The zero-order chi connectivity index (χ0) is 20.1. The van der Waals surface area contributed by atoms with Gasteiger partial charge in [-0.2, -0.15) is 0 Å². The van der Waals surface area contributed by atoms with E-state index < -0.39 is 10.0 Å². The van der Waals surface area contributed by atoms with Crippen LogP contribution in [0.4, 0.5) is 4.39 Å². The number of amides is 1.